The second-order valence-corrected chi connectivity index (χ2v) is 5.65. The monoisotopic (exact) mass is 271 g/mol. The fourth-order valence-electron chi connectivity index (χ4n) is 3.26. The van der Waals surface area contributed by atoms with Crippen molar-refractivity contribution >= 4 is 5.97 Å². The fourth-order valence-corrected chi connectivity index (χ4v) is 3.26. The maximum absolute atomic E-state index is 11.3. The Hall–Kier alpha value is -0.650. The van der Waals surface area contributed by atoms with Crippen molar-refractivity contribution in [2.75, 3.05) is 26.4 Å². The third kappa shape index (κ3) is 3.46. The molecule has 0 spiro atoms. The lowest BCUT2D eigenvalue weighted by atomic mass is 9.95. The minimum atomic E-state index is -0.733. The Kier molecular flexibility index (Phi) is 5.19. The Balaban J connectivity index is 2.07. The zero-order chi connectivity index (χ0) is 13.8. The van der Waals surface area contributed by atoms with Gasteiger partial charge in [0.25, 0.3) is 0 Å². The van der Waals surface area contributed by atoms with Crippen LogP contribution < -0.4 is 0 Å². The molecule has 2 saturated heterocycles. The van der Waals surface area contributed by atoms with Crippen LogP contribution in [0.3, 0.4) is 0 Å². The van der Waals surface area contributed by atoms with Gasteiger partial charge in [-0.25, -0.2) is 0 Å². The molecule has 2 fully saturated rings. The largest absolute Gasteiger partial charge is 0.481 e. The first kappa shape index (κ1) is 14.8. The van der Waals surface area contributed by atoms with Crippen LogP contribution in [0.4, 0.5) is 0 Å². The van der Waals surface area contributed by atoms with Gasteiger partial charge in [0.2, 0.25) is 0 Å². The summed E-state index contributed by atoms with van der Waals surface area (Å²) < 4.78 is 11.0. The summed E-state index contributed by atoms with van der Waals surface area (Å²) in [4.78, 5) is 13.7. The van der Waals surface area contributed by atoms with Crippen molar-refractivity contribution in [3.05, 3.63) is 0 Å². The molecule has 0 aliphatic carbocycles. The molecular weight excluding hydrogens is 246 g/mol. The molecular formula is C14H25NO4. The van der Waals surface area contributed by atoms with Crippen LogP contribution in [0.1, 0.15) is 33.1 Å². The van der Waals surface area contributed by atoms with E-state index in [2.05, 4.69) is 18.7 Å². The minimum Gasteiger partial charge on any atom is -0.481 e. The molecule has 2 heterocycles. The first-order valence-corrected chi connectivity index (χ1v) is 7.31. The summed E-state index contributed by atoms with van der Waals surface area (Å²) in [6.07, 6.45) is 3.29. The summed E-state index contributed by atoms with van der Waals surface area (Å²) in [7, 11) is 0. The van der Waals surface area contributed by atoms with Crippen molar-refractivity contribution in [1.29, 1.82) is 0 Å². The van der Waals surface area contributed by atoms with Crippen LogP contribution in [0.15, 0.2) is 0 Å². The lowest BCUT2D eigenvalue weighted by molar-refractivity contribution is -0.143. The number of carbonyl (C=O) groups is 1. The lowest BCUT2D eigenvalue weighted by Crippen LogP contribution is -2.51. The van der Waals surface area contributed by atoms with E-state index in [-0.39, 0.29) is 18.1 Å². The van der Waals surface area contributed by atoms with Crippen molar-refractivity contribution in [1.82, 2.24) is 4.90 Å². The molecule has 0 aromatic carbocycles. The van der Waals surface area contributed by atoms with E-state index in [1.807, 2.05) is 0 Å². The van der Waals surface area contributed by atoms with Gasteiger partial charge in [-0.1, -0.05) is 6.92 Å². The molecule has 0 radical (unpaired) electrons. The Bertz CT molecular complexity index is 310. The molecule has 0 saturated carbocycles. The molecule has 4 unspecified atom stereocenters. The molecule has 2 rings (SSSR count). The highest BCUT2D eigenvalue weighted by molar-refractivity contribution is 5.71. The molecule has 0 aromatic heterocycles. The van der Waals surface area contributed by atoms with Crippen LogP contribution in [0.5, 0.6) is 0 Å². The van der Waals surface area contributed by atoms with Crippen molar-refractivity contribution in [3.63, 3.8) is 0 Å². The summed E-state index contributed by atoms with van der Waals surface area (Å²) in [6, 6.07) is 0.449. The van der Waals surface area contributed by atoms with E-state index >= 15 is 0 Å². The topological polar surface area (TPSA) is 59.0 Å². The smallest absolute Gasteiger partial charge is 0.310 e. The second-order valence-electron chi connectivity index (χ2n) is 5.65. The third-order valence-corrected chi connectivity index (χ3v) is 4.20. The van der Waals surface area contributed by atoms with Crippen molar-refractivity contribution in [2.24, 2.45) is 5.92 Å². The Morgan fingerprint density at radius 1 is 1.42 bits per heavy atom. The normalized spacial score (nSPS) is 35.7. The molecule has 5 nitrogen and oxygen atoms in total. The Labute approximate surface area is 114 Å². The van der Waals surface area contributed by atoms with Gasteiger partial charge < -0.3 is 14.6 Å². The average molecular weight is 271 g/mol. The van der Waals surface area contributed by atoms with Crippen LogP contribution in [-0.4, -0.2) is 60.5 Å². The van der Waals surface area contributed by atoms with Crippen molar-refractivity contribution < 1.29 is 19.4 Å². The summed E-state index contributed by atoms with van der Waals surface area (Å²) in [5.74, 6) is -1.12. The number of rotatable bonds is 5. The highest BCUT2D eigenvalue weighted by atomic mass is 16.5. The molecule has 0 amide bonds. The summed E-state index contributed by atoms with van der Waals surface area (Å²) >= 11 is 0. The number of ether oxygens (including phenoxy) is 2. The van der Waals surface area contributed by atoms with Gasteiger partial charge in [-0.15, -0.1) is 0 Å². The van der Waals surface area contributed by atoms with Gasteiger partial charge in [-0.05, 0) is 32.7 Å². The highest BCUT2D eigenvalue weighted by Crippen LogP contribution is 2.27. The number of hydrogen-bond donors (Lipinski definition) is 1. The first-order valence-electron chi connectivity index (χ1n) is 7.31. The van der Waals surface area contributed by atoms with Crippen LogP contribution in [0.25, 0.3) is 0 Å². The minimum absolute atomic E-state index is 0.0211. The van der Waals surface area contributed by atoms with E-state index in [1.54, 1.807) is 0 Å². The van der Waals surface area contributed by atoms with E-state index < -0.39 is 5.97 Å². The average Bonchev–Trinajstić information content (AvgIpc) is 2.85. The van der Waals surface area contributed by atoms with Crippen LogP contribution >= 0.6 is 0 Å². The summed E-state index contributed by atoms with van der Waals surface area (Å²) in [5.41, 5.74) is 0. The van der Waals surface area contributed by atoms with Gasteiger partial charge in [-0.2, -0.15) is 0 Å². The molecule has 4 atom stereocenters. The van der Waals surface area contributed by atoms with Crippen molar-refractivity contribution in [2.45, 2.75) is 51.3 Å². The number of aliphatic carboxylic acids is 1. The lowest BCUT2D eigenvalue weighted by Gasteiger charge is -2.40. The van der Waals surface area contributed by atoms with Crippen LogP contribution in [-0.2, 0) is 14.3 Å². The van der Waals surface area contributed by atoms with Gasteiger partial charge >= 0.3 is 5.97 Å². The van der Waals surface area contributed by atoms with Crippen LogP contribution in [0.2, 0.25) is 0 Å². The molecule has 2 aliphatic rings. The maximum Gasteiger partial charge on any atom is 0.310 e. The molecule has 1 N–H and O–H groups in total. The molecule has 5 heteroatoms. The summed E-state index contributed by atoms with van der Waals surface area (Å²) in [6.45, 7) is 6.84. The second kappa shape index (κ2) is 6.68. The quantitative estimate of drug-likeness (QED) is 0.818. The number of nitrogens with zero attached hydrogens (tertiary/aromatic N) is 1. The van der Waals surface area contributed by atoms with Gasteiger partial charge in [-0.3, -0.25) is 9.69 Å². The van der Waals surface area contributed by atoms with Crippen LogP contribution in [0, 0.1) is 5.92 Å². The van der Waals surface area contributed by atoms with E-state index in [0.717, 1.165) is 32.4 Å². The van der Waals surface area contributed by atoms with Gasteiger partial charge in [0.05, 0.1) is 25.2 Å². The highest BCUT2D eigenvalue weighted by Gasteiger charge is 2.40. The molecule has 0 bridgehead atoms. The van der Waals surface area contributed by atoms with E-state index in [4.69, 9.17) is 9.47 Å². The number of carboxylic acid groups (broad SMARTS) is 1. The first-order chi connectivity index (χ1) is 9.13. The summed E-state index contributed by atoms with van der Waals surface area (Å²) in [5, 5.41) is 9.32. The molecule has 0 aromatic rings. The predicted molar refractivity (Wildman–Crippen MR) is 71.2 cm³/mol. The van der Waals surface area contributed by atoms with Crippen molar-refractivity contribution in [3.8, 4) is 0 Å². The van der Waals surface area contributed by atoms with Gasteiger partial charge in [0, 0.05) is 18.7 Å². The molecule has 110 valence electrons. The predicted octanol–water partition coefficient (Wildman–Crippen LogP) is 1.37. The zero-order valence-corrected chi connectivity index (χ0v) is 11.9. The van der Waals surface area contributed by atoms with E-state index in [9.17, 15) is 9.90 Å². The number of hydrogen-bond acceptors (Lipinski definition) is 4. The van der Waals surface area contributed by atoms with Gasteiger partial charge in [0.1, 0.15) is 0 Å². The Morgan fingerprint density at radius 3 is 2.84 bits per heavy atom. The fraction of sp³-hybridized carbons (Fsp3) is 0.929. The zero-order valence-electron chi connectivity index (χ0n) is 11.9. The van der Waals surface area contributed by atoms with Gasteiger partial charge in [0.15, 0.2) is 0 Å². The van der Waals surface area contributed by atoms with E-state index in [0.29, 0.717) is 19.3 Å². The molecule has 19 heavy (non-hydrogen) atoms. The third-order valence-electron chi connectivity index (χ3n) is 4.20. The van der Waals surface area contributed by atoms with E-state index in [1.165, 1.54) is 0 Å². The maximum atomic E-state index is 11.3. The SMILES string of the molecule is CCCN(C1CCOC(C)C1)C1COCC1C(=O)O. The molecule has 2 aliphatic heterocycles. The number of carboxylic acids is 1. The Morgan fingerprint density at radius 2 is 2.21 bits per heavy atom. The standard InChI is InChI=1S/C14H25NO4/c1-3-5-15(11-4-6-19-10(2)7-11)13-9-18-8-12(13)14(16)17/h10-13H,3-9H2,1-2H3,(H,16,17).